The molecular weight excluding hydrogens is 252 g/mol. The van der Waals surface area contributed by atoms with Gasteiger partial charge in [0.05, 0.1) is 25.7 Å². The molecule has 0 bridgehead atoms. The first-order valence-corrected chi connectivity index (χ1v) is 6.11. The van der Waals surface area contributed by atoms with E-state index >= 15 is 0 Å². The van der Waals surface area contributed by atoms with Crippen LogP contribution < -0.4 is 0 Å². The fourth-order valence-electron chi connectivity index (χ4n) is 1.65. The lowest BCUT2D eigenvalue weighted by Gasteiger charge is -2.20. The minimum Gasteiger partial charge on any atom is -0.481 e. The van der Waals surface area contributed by atoms with E-state index in [4.69, 9.17) is 14.6 Å². The van der Waals surface area contributed by atoms with Crippen LogP contribution >= 0.6 is 0 Å². The van der Waals surface area contributed by atoms with E-state index in [9.17, 15) is 4.79 Å². The molecule has 1 unspecified atom stereocenters. The first-order valence-electron chi connectivity index (χ1n) is 6.11. The number of aliphatic carboxylic acids is 1. The monoisotopic (exact) mass is 272 g/mol. The molecule has 1 atom stereocenters. The molecular formula is C11H20N4O4. The van der Waals surface area contributed by atoms with Crippen LogP contribution in [-0.2, 0) is 20.9 Å². The number of nitrogens with zero attached hydrogens (tertiary/aromatic N) is 4. The van der Waals surface area contributed by atoms with Crippen molar-refractivity contribution in [3.05, 3.63) is 5.82 Å². The van der Waals surface area contributed by atoms with Crippen molar-refractivity contribution in [1.82, 2.24) is 20.2 Å². The summed E-state index contributed by atoms with van der Waals surface area (Å²) in [6, 6.07) is -0.284. The van der Waals surface area contributed by atoms with E-state index in [0.29, 0.717) is 19.0 Å². The maximum absolute atomic E-state index is 10.9. The van der Waals surface area contributed by atoms with Gasteiger partial charge in [0.2, 0.25) is 0 Å². The number of aromatic nitrogens is 4. The van der Waals surface area contributed by atoms with Crippen molar-refractivity contribution < 1.29 is 19.4 Å². The van der Waals surface area contributed by atoms with Gasteiger partial charge in [-0.3, -0.25) is 4.79 Å². The first-order chi connectivity index (χ1) is 9.06. The summed E-state index contributed by atoms with van der Waals surface area (Å²) in [6.45, 7) is 5.04. The van der Waals surface area contributed by atoms with E-state index in [1.54, 1.807) is 7.11 Å². The highest BCUT2D eigenvalue weighted by Crippen LogP contribution is 2.21. The number of methoxy groups -OCH3 is 1. The zero-order valence-electron chi connectivity index (χ0n) is 11.4. The molecule has 0 radical (unpaired) electrons. The second-order valence-electron chi connectivity index (χ2n) is 4.49. The lowest BCUT2D eigenvalue weighted by atomic mass is 10.0. The summed E-state index contributed by atoms with van der Waals surface area (Å²) in [7, 11) is 1.59. The summed E-state index contributed by atoms with van der Waals surface area (Å²) in [4.78, 5) is 10.9. The van der Waals surface area contributed by atoms with Gasteiger partial charge in [0.15, 0.2) is 5.82 Å². The molecule has 1 N–H and O–H groups in total. The highest BCUT2D eigenvalue weighted by molar-refractivity contribution is 5.67. The highest BCUT2D eigenvalue weighted by atomic mass is 16.5. The van der Waals surface area contributed by atoms with E-state index in [2.05, 4.69) is 15.5 Å². The lowest BCUT2D eigenvalue weighted by Crippen LogP contribution is -2.22. The molecule has 19 heavy (non-hydrogen) atoms. The molecule has 0 aliphatic rings. The second-order valence-corrected chi connectivity index (χ2v) is 4.49. The SMILES string of the molecule is COCCOCc1nnnn1C(CC(=O)O)C(C)C. The summed E-state index contributed by atoms with van der Waals surface area (Å²) in [5.41, 5.74) is 0. The summed E-state index contributed by atoms with van der Waals surface area (Å²) in [5.74, 6) is -0.242. The van der Waals surface area contributed by atoms with Crippen LogP contribution in [0.25, 0.3) is 0 Å². The predicted octanol–water partition coefficient (Wildman–Crippen LogP) is 0.508. The summed E-state index contributed by atoms with van der Waals surface area (Å²) >= 11 is 0. The van der Waals surface area contributed by atoms with Gasteiger partial charge >= 0.3 is 5.97 Å². The Morgan fingerprint density at radius 3 is 2.74 bits per heavy atom. The van der Waals surface area contributed by atoms with E-state index in [1.165, 1.54) is 4.68 Å². The number of rotatable bonds is 9. The quantitative estimate of drug-likeness (QED) is 0.654. The largest absolute Gasteiger partial charge is 0.481 e. The zero-order chi connectivity index (χ0) is 14.3. The number of carbonyl (C=O) groups is 1. The van der Waals surface area contributed by atoms with Crippen molar-refractivity contribution >= 4 is 5.97 Å². The number of carboxylic acids is 1. The Labute approximate surface area is 111 Å². The van der Waals surface area contributed by atoms with Gasteiger partial charge in [0, 0.05) is 7.11 Å². The fourth-order valence-corrected chi connectivity index (χ4v) is 1.65. The van der Waals surface area contributed by atoms with Crippen molar-refractivity contribution in [2.24, 2.45) is 5.92 Å². The van der Waals surface area contributed by atoms with Crippen molar-refractivity contribution in [2.45, 2.75) is 32.9 Å². The Balaban J connectivity index is 2.69. The molecule has 0 amide bonds. The molecule has 8 nitrogen and oxygen atoms in total. The maximum atomic E-state index is 10.9. The molecule has 1 aromatic rings. The maximum Gasteiger partial charge on any atom is 0.305 e. The standard InChI is InChI=1S/C11H20N4O4/c1-8(2)9(6-11(16)17)15-10(12-13-14-15)7-19-5-4-18-3/h8-9H,4-7H2,1-3H3,(H,16,17). The molecule has 0 saturated heterocycles. The molecule has 1 heterocycles. The molecule has 108 valence electrons. The van der Waals surface area contributed by atoms with E-state index < -0.39 is 5.97 Å². The third-order valence-corrected chi connectivity index (χ3v) is 2.69. The van der Waals surface area contributed by atoms with Gasteiger partial charge < -0.3 is 14.6 Å². The van der Waals surface area contributed by atoms with E-state index in [0.717, 1.165) is 0 Å². The van der Waals surface area contributed by atoms with E-state index in [-0.39, 0.29) is 25.0 Å². The molecule has 0 aliphatic heterocycles. The third-order valence-electron chi connectivity index (χ3n) is 2.69. The predicted molar refractivity (Wildman–Crippen MR) is 65.5 cm³/mol. The smallest absolute Gasteiger partial charge is 0.305 e. The third kappa shape index (κ3) is 4.92. The Morgan fingerprint density at radius 2 is 2.16 bits per heavy atom. The van der Waals surface area contributed by atoms with Gasteiger partial charge in [0.1, 0.15) is 6.61 Å². The van der Waals surface area contributed by atoms with Crippen LogP contribution in [0, 0.1) is 5.92 Å². The molecule has 0 aromatic carbocycles. The summed E-state index contributed by atoms with van der Waals surface area (Å²) in [5, 5.41) is 20.3. The zero-order valence-corrected chi connectivity index (χ0v) is 11.4. The first kappa shape index (κ1) is 15.5. The Kier molecular flexibility index (Phi) is 6.37. The average Bonchev–Trinajstić information content (AvgIpc) is 2.79. The second kappa shape index (κ2) is 7.80. The molecule has 0 fully saturated rings. The molecule has 0 aliphatic carbocycles. The van der Waals surface area contributed by atoms with Gasteiger partial charge in [-0.25, -0.2) is 4.68 Å². The van der Waals surface area contributed by atoms with Gasteiger partial charge in [-0.15, -0.1) is 5.10 Å². The van der Waals surface area contributed by atoms with Gasteiger partial charge in [-0.05, 0) is 16.3 Å². The normalized spacial score (nSPS) is 12.8. The molecule has 1 rings (SSSR count). The van der Waals surface area contributed by atoms with Crippen LogP contribution in [0.3, 0.4) is 0 Å². The average molecular weight is 272 g/mol. The van der Waals surface area contributed by atoms with E-state index in [1.807, 2.05) is 13.8 Å². The lowest BCUT2D eigenvalue weighted by molar-refractivity contribution is -0.138. The van der Waals surface area contributed by atoms with Crippen LogP contribution in [0.4, 0.5) is 0 Å². The van der Waals surface area contributed by atoms with Crippen LogP contribution in [0.2, 0.25) is 0 Å². The number of hydrogen-bond donors (Lipinski definition) is 1. The number of ether oxygens (including phenoxy) is 2. The molecule has 0 saturated carbocycles. The fraction of sp³-hybridized carbons (Fsp3) is 0.818. The Bertz CT molecular complexity index is 394. The van der Waals surface area contributed by atoms with Gasteiger partial charge in [-0.1, -0.05) is 13.8 Å². The summed E-state index contributed by atoms with van der Waals surface area (Å²) < 4.78 is 11.8. The van der Waals surface area contributed by atoms with Crippen molar-refractivity contribution in [3.8, 4) is 0 Å². The highest BCUT2D eigenvalue weighted by Gasteiger charge is 2.23. The Hall–Kier alpha value is -1.54. The van der Waals surface area contributed by atoms with Crippen LogP contribution in [0.5, 0.6) is 0 Å². The van der Waals surface area contributed by atoms with Crippen molar-refractivity contribution in [1.29, 1.82) is 0 Å². The minimum absolute atomic E-state index is 0.0201. The van der Waals surface area contributed by atoms with Crippen molar-refractivity contribution in [2.75, 3.05) is 20.3 Å². The molecule has 0 spiro atoms. The van der Waals surface area contributed by atoms with Crippen LogP contribution in [-0.4, -0.2) is 51.6 Å². The Morgan fingerprint density at radius 1 is 1.42 bits per heavy atom. The number of hydrogen-bond acceptors (Lipinski definition) is 6. The minimum atomic E-state index is -0.875. The van der Waals surface area contributed by atoms with Crippen LogP contribution in [0.15, 0.2) is 0 Å². The number of tetrazole rings is 1. The molecule has 8 heteroatoms. The number of carboxylic acid groups (broad SMARTS) is 1. The van der Waals surface area contributed by atoms with Gasteiger partial charge in [-0.2, -0.15) is 0 Å². The van der Waals surface area contributed by atoms with Gasteiger partial charge in [0.25, 0.3) is 0 Å². The molecule has 1 aromatic heterocycles. The van der Waals surface area contributed by atoms with Crippen LogP contribution in [0.1, 0.15) is 32.1 Å². The van der Waals surface area contributed by atoms with Crippen molar-refractivity contribution in [3.63, 3.8) is 0 Å². The topological polar surface area (TPSA) is 99.4 Å². The summed E-state index contributed by atoms with van der Waals surface area (Å²) in [6.07, 6.45) is -0.0201.